The minimum Gasteiger partial charge on any atom is -0.330 e. The van der Waals surface area contributed by atoms with Crippen LogP contribution in [0.4, 0.5) is 9.59 Å². The van der Waals surface area contributed by atoms with E-state index in [2.05, 4.69) is 10.3 Å². The number of pyridine rings is 1. The molecular formula is C19H27N5O3. The maximum atomic E-state index is 12.7. The van der Waals surface area contributed by atoms with Gasteiger partial charge in [-0.25, -0.2) is 9.59 Å². The van der Waals surface area contributed by atoms with Crippen molar-refractivity contribution in [2.45, 2.75) is 44.7 Å². The fourth-order valence-corrected chi connectivity index (χ4v) is 3.96. The van der Waals surface area contributed by atoms with E-state index in [1.165, 1.54) is 16.8 Å². The molecule has 3 rings (SSSR count). The van der Waals surface area contributed by atoms with Crippen LogP contribution < -0.4 is 5.32 Å². The van der Waals surface area contributed by atoms with Gasteiger partial charge in [0.05, 0.1) is 11.7 Å². The van der Waals surface area contributed by atoms with Gasteiger partial charge in [0.15, 0.2) is 0 Å². The van der Waals surface area contributed by atoms with Gasteiger partial charge in [-0.15, -0.1) is 0 Å². The summed E-state index contributed by atoms with van der Waals surface area (Å²) in [5, 5.41) is 3.05. The fourth-order valence-electron chi connectivity index (χ4n) is 3.96. The Kier molecular flexibility index (Phi) is 5.08. The summed E-state index contributed by atoms with van der Waals surface area (Å²) in [6, 6.07) is 3.31. The van der Waals surface area contributed by atoms with Crippen LogP contribution in [0.3, 0.4) is 0 Å². The molecule has 1 atom stereocenters. The Hall–Kier alpha value is -2.64. The average Bonchev–Trinajstić information content (AvgIpc) is 2.82. The lowest BCUT2D eigenvalue weighted by molar-refractivity contribution is -0.134. The summed E-state index contributed by atoms with van der Waals surface area (Å²) in [7, 11) is 3.17. The number of nitrogens with one attached hydrogen (secondary N) is 1. The maximum Gasteiger partial charge on any atom is 0.327 e. The highest BCUT2D eigenvalue weighted by Gasteiger charge is 2.55. The molecule has 0 aliphatic carbocycles. The third-order valence-corrected chi connectivity index (χ3v) is 5.80. The molecule has 146 valence electrons. The third-order valence-electron chi connectivity index (χ3n) is 5.80. The van der Waals surface area contributed by atoms with Crippen LogP contribution in [0.25, 0.3) is 0 Å². The van der Waals surface area contributed by atoms with E-state index in [-0.39, 0.29) is 24.0 Å². The predicted octanol–water partition coefficient (Wildman–Crippen LogP) is 1.91. The molecule has 2 saturated heterocycles. The van der Waals surface area contributed by atoms with Crippen LogP contribution in [0.2, 0.25) is 0 Å². The van der Waals surface area contributed by atoms with E-state index in [0.717, 1.165) is 17.7 Å². The minimum absolute atomic E-state index is 0.156. The molecule has 2 aliphatic heterocycles. The van der Waals surface area contributed by atoms with Crippen LogP contribution in [0.5, 0.6) is 0 Å². The standard InChI is InChI=1S/C19H27N5O3/c1-5-14(15-12-13(2)6-9-20-15)21-17(26)24-10-7-19(8-11-24)16(25)22(3)18(27)23(19)4/h6,9,12,14H,5,7-8,10-11H2,1-4H3,(H,21,26)/t14-/m1/s1. The van der Waals surface area contributed by atoms with E-state index in [1.54, 1.807) is 18.1 Å². The molecule has 1 aromatic heterocycles. The average molecular weight is 373 g/mol. The molecule has 0 unspecified atom stereocenters. The summed E-state index contributed by atoms with van der Waals surface area (Å²) < 4.78 is 0. The Morgan fingerprint density at radius 3 is 2.48 bits per heavy atom. The second kappa shape index (κ2) is 7.17. The van der Waals surface area contributed by atoms with E-state index >= 15 is 0 Å². The van der Waals surface area contributed by atoms with Crippen molar-refractivity contribution in [3.8, 4) is 0 Å². The number of piperidine rings is 1. The lowest BCUT2D eigenvalue weighted by atomic mass is 9.86. The molecule has 1 aromatic rings. The zero-order valence-corrected chi connectivity index (χ0v) is 16.4. The van der Waals surface area contributed by atoms with Crippen LogP contribution in [0.15, 0.2) is 18.3 Å². The van der Waals surface area contributed by atoms with Crippen molar-refractivity contribution in [1.29, 1.82) is 0 Å². The number of hydrogen-bond acceptors (Lipinski definition) is 4. The second-order valence-corrected chi connectivity index (χ2v) is 7.39. The number of urea groups is 2. The van der Waals surface area contributed by atoms with E-state index in [1.807, 2.05) is 26.0 Å². The molecular weight excluding hydrogens is 346 g/mol. The number of nitrogens with zero attached hydrogens (tertiary/aromatic N) is 4. The molecule has 3 heterocycles. The lowest BCUT2D eigenvalue weighted by Crippen LogP contribution is -2.57. The number of amides is 5. The molecule has 0 saturated carbocycles. The quantitative estimate of drug-likeness (QED) is 0.820. The molecule has 0 bridgehead atoms. The van der Waals surface area contributed by atoms with Crippen molar-refractivity contribution in [2.75, 3.05) is 27.2 Å². The summed E-state index contributed by atoms with van der Waals surface area (Å²) in [4.78, 5) is 46.2. The van der Waals surface area contributed by atoms with Gasteiger partial charge >= 0.3 is 12.1 Å². The number of rotatable bonds is 3. The molecule has 0 radical (unpaired) electrons. The number of aromatic nitrogens is 1. The number of carbonyl (C=O) groups is 3. The number of carbonyl (C=O) groups excluding carboxylic acids is 3. The van der Waals surface area contributed by atoms with Gasteiger partial charge in [-0.3, -0.25) is 14.7 Å². The van der Waals surface area contributed by atoms with Crippen molar-refractivity contribution in [2.24, 2.45) is 0 Å². The first-order valence-corrected chi connectivity index (χ1v) is 9.34. The van der Waals surface area contributed by atoms with E-state index < -0.39 is 5.54 Å². The summed E-state index contributed by atoms with van der Waals surface area (Å²) in [5.41, 5.74) is 1.13. The molecule has 0 aromatic carbocycles. The zero-order chi connectivity index (χ0) is 19.8. The lowest BCUT2D eigenvalue weighted by Gasteiger charge is -2.41. The van der Waals surface area contributed by atoms with Crippen molar-refractivity contribution >= 4 is 18.0 Å². The highest BCUT2D eigenvalue weighted by molar-refractivity contribution is 6.06. The monoisotopic (exact) mass is 373 g/mol. The van der Waals surface area contributed by atoms with Crippen LogP contribution >= 0.6 is 0 Å². The SMILES string of the molecule is CC[C@@H](NC(=O)N1CCC2(CC1)C(=O)N(C)C(=O)N2C)c1cc(C)ccn1. The van der Waals surface area contributed by atoms with Crippen molar-refractivity contribution in [1.82, 2.24) is 25.0 Å². The Morgan fingerprint density at radius 2 is 1.96 bits per heavy atom. The molecule has 1 N–H and O–H groups in total. The van der Waals surface area contributed by atoms with Gasteiger partial charge in [-0.2, -0.15) is 0 Å². The molecule has 1 spiro atoms. The number of likely N-dealkylation sites (N-methyl/N-ethyl adjacent to an activating group) is 2. The van der Waals surface area contributed by atoms with Crippen LogP contribution in [0.1, 0.15) is 43.5 Å². The summed E-state index contributed by atoms with van der Waals surface area (Å²) in [6.45, 7) is 4.87. The van der Waals surface area contributed by atoms with Gasteiger partial charge in [-0.1, -0.05) is 6.92 Å². The van der Waals surface area contributed by atoms with Gasteiger partial charge in [0.1, 0.15) is 5.54 Å². The van der Waals surface area contributed by atoms with Crippen molar-refractivity contribution < 1.29 is 14.4 Å². The highest BCUT2D eigenvalue weighted by atomic mass is 16.2. The Balaban J connectivity index is 1.65. The minimum atomic E-state index is -0.815. The van der Waals surface area contributed by atoms with Crippen LogP contribution in [-0.4, -0.2) is 70.4 Å². The van der Waals surface area contributed by atoms with E-state index in [0.29, 0.717) is 25.9 Å². The Morgan fingerprint density at radius 1 is 1.30 bits per heavy atom. The number of hydrogen-bond donors (Lipinski definition) is 1. The fraction of sp³-hybridized carbons (Fsp3) is 0.579. The van der Waals surface area contributed by atoms with Crippen molar-refractivity contribution in [3.05, 3.63) is 29.6 Å². The molecule has 8 nitrogen and oxygen atoms in total. The van der Waals surface area contributed by atoms with Crippen LogP contribution in [0, 0.1) is 6.92 Å². The summed E-state index contributed by atoms with van der Waals surface area (Å²) in [5.74, 6) is -0.176. The Labute approximate surface area is 159 Å². The summed E-state index contributed by atoms with van der Waals surface area (Å²) in [6.07, 6.45) is 3.39. The molecule has 27 heavy (non-hydrogen) atoms. The smallest absolute Gasteiger partial charge is 0.327 e. The third kappa shape index (κ3) is 3.24. The van der Waals surface area contributed by atoms with Gasteiger partial charge < -0.3 is 15.1 Å². The maximum absolute atomic E-state index is 12.7. The second-order valence-electron chi connectivity index (χ2n) is 7.39. The summed E-state index contributed by atoms with van der Waals surface area (Å²) >= 11 is 0. The van der Waals surface area contributed by atoms with Crippen LogP contribution in [-0.2, 0) is 4.79 Å². The number of likely N-dealkylation sites (tertiary alicyclic amines) is 1. The highest BCUT2D eigenvalue weighted by Crippen LogP contribution is 2.35. The first-order valence-electron chi connectivity index (χ1n) is 9.34. The first-order chi connectivity index (χ1) is 12.8. The van der Waals surface area contributed by atoms with E-state index in [4.69, 9.17) is 0 Å². The normalized spacial score (nSPS) is 20.4. The van der Waals surface area contributed by atoms with Gasteiger partial charge in [0.2, 0.25) is 0 Å². The molecule has 2 aliphatic rings. The predicted molar refractivity (Wildman–Crippen MR) is 100 cm³/mol. The topological polar surface area (TPSA) is 85.8 Å². The molecule has 2 fully saturated rings. The van der Waals surface area contributed by atoms with Gasteiger partial charge in [0.25, 0.3) is 5.91 Å². The zero-order valence-electron chi connectivity index (χ0n) is 16.4. The number of imide groups is 1. The van der Waals surface area contributed by atoms with E-state index in [9.17, 15) is 14.4 Å². The first kappa shape index (κ1) is 19.1. The van der Waals surface area contributed by atoms with Gasteiger partial charge in [-0.05, 0) is 43.9 Å². The largest absolute Gasteiger partial charge is 0.330 e. The molecule has 5 amide bonds. The van der Waals surface area contributed by atoms with Crippen molar-refractivity contribution in [3.63, 3.8) is 0 Å². The molecule has 8 heteroatoms. The number of aryl methyl sites for hydroxylation is 1. The Bertz CT molecular complexity index is 757. The van der Waals surface area contributed by atoms with Gasteiger partial charge in [0, 0.05) is 33.4 Å².